The summed E-state index contributed by atoms with van der Waals surface area (Å²) in [4.78, 5) is 26.3. The summed E-state index contributed by atoms with van der Waals surface area (Å²) < 4.78 is 37.0. The van der Waals surface area contributed by atoms with Gasteiger partial charge in [-0.2, -0.15) is 13.2 Å². The van der Waals surface area contributed by atoms with Gasteiger partial charge in [-0.05, 0) is 24.0 Å². The molecule has 1 atom stereocenters. The van der Waals surface area contributed by atoms with Crippen LogP contribution in [0, 0.1) is 5.92 Å². The highest BCUT2D eigenvalue weighted by atomic mass is 19.4. The number of halogens is 3. The Labute approximate surface area is 162 Å². The molecular weight excluding hydrogens is 367 g/mol. The predicted octanol–water partition coefficient (Wildman–Crippen LogP) is 5.12. The minimum atomic E-state index is -4.35. The molecule has 1 unspecified atom stereocenters. The zero-order valence-electron chi connectivity index (χ0n) is 15.4. The molecule has 0 aliphatic carbocycles. The Morgan fingerprint density at radius 2 is 1.61 bits per heavy atom. The van der Waals surface area contributed by atoms with E-state index in [1.165, 1.54) is 4.90 Å². The highest BCUT2D eigenvalue weighted by Gasteiger charge is 2.32. The van der Waals surface area contributed by atoms with Crippen LogP contribution in [0.25, 0.3) is 11.1 Å². The van der Waals surface area contributed by atoms with Crippen LogP contribution in [0.2, 0.25) is 0 Å². The second-order valence-corrected chi connectivity index (χ2v) is 7.10. The first-order chi connectivity index (χ1) is 13.3. The van der Waals surface area contributed by atoms with Crippen molar-refractivity contribution in [3.8, 4) is 11.1 Å². The first kappa shape index (κ1) is 20.1. The zero-order valence-corrected chi connectivity index (χ0v) is 15.4. The van der Waals surface area contributed by atoms with Gasteiger partial charge in [0.15, 0.2) is 5.78 Å². The number of Topliss-reactive ketones (excluding diaryl/α,β-unsaturated/α-hetero) is 1. The Kier molecular flexibility index (Phi) is 6.17. The van der Waals surface area contributed by atoms with E-state index < -0.39 is 24.9 Å². The molecule has 0 bridgehead atoms. The Hall–Kier alpha value is -2.63. The van der Waals surface area contributed by atoms with Crippen LogP contribution >= 0.6 is 0 Å². The van der Waals surface area contributed by atoms with Crippen molar-refractivity contribution >= 4 is 11.7 Å². The van der Waals surface area contributed by atoms with Gasteiger partial charge < -0.3 is 4.90 Å². The molecule has 1 aliphatic heterocycles. The maximum absolute atomic E-state index is 12.8. The maximum Gasteiger partial charge on any atom is 0.389 e. The molecule has 0 aromatic heterocycles. The second kappa shape index (κ2) is 8.59. The number of likely N-dealkylation sites (tertiary alicyclic amines) is 1. The average Bonchev–Trinajstić information content (AvgIpc) is 2.72. The number of benzene rings is 2. The van der Waals surface area contributed by atoms with Crippen LogP contribution in [0.4, 0.5) is 13.2 Å². The second-order valence-electron chi connectivity index (χ2n) is 7.10. The van der Waals surface area contributed by atoms with Crippen LogP contribution in [-0.2, 0) is 4.79 Å². The van der Waals surface area contributed by atoms with Crippen LogP contribution in [0.15, 0.2) is 54.6 Å². The van der Waals surface area contributed by atoms with E-state index in [4.69, 9.17) is 0 Å². The molecule has 1 aliphatic rings. The summed E-state index contributed by atoms with van der Waals surface area (Å²) in [5.41, 5.74) is 2.62. The van der Waals surface area contributed by atoms with Crippen molar-refractivity contribution in [2.24, 2.45) is 5.92 Å². The summed E-state index contributed by atoms with van der Waals surface area (Å²) in [6, 6.07) is 17.1. The van der Waals surface area contributed by atoms with E-state index in [2.05, 4.69) is 0 Å². The lowest BCUT2D eigenvalue weighted by atomic mass is 9.89. The molecule has 2 aromatic rings. The van der Waals surface area contributed by atoms with Gasteiger partial charge in [0.2, 0.25) is 5.91 Å². The zero-order chi connectivity index (χ0) is 20.1. The van der Waals surface area contributed by atoms with E-state index in [1.54, 1.807) is 12.1 Å². The van der Waals surface area contributed by atoms with Crippen molar-refractivity contribution in [1.29, 1.82) is 0 Å². The number of ketones is 1. The van der Waals surface area contributed by atoms with Crippen LogP contribution in [0.5, 0.6) is 0 Å². The fourth-order valence-electron chi connectivity index (χ4n) is 3.52. The van der Waals surface area contributed by atoms with Gasteiger partial charge in [0, 0.05) is 31.0 Å². The molecule has 0 spiro atoms. The number of carbonyl (C=O) groups is 2. The molecule has 1 saturated heterocycles. The molecule has 148 valence electrons. The summed E-state index contributed by atoms with van der Waals surface area (Å²) in [5.74, 6) is -0.964. The third-order valence-electron chi connectivity index (χ3n) is 5.04. The molecular formula is C22H22F3NO2. The van der Waals surface area contributed by atoms with Crippen molar-refractivity contribution < 1.29 is 22.8 Å². The van der Waals surface area contributed by atoms with E-state index in [0.29, 0.717) is 24.9 Å². The van der Waals surface area contributed by atoms with E-state index >= 15 is 0 Å². The van der Waals surface area contributed by atoms with Crippen LogP contribution in [-0.4, -0.2) is 35.9 Å². The normalized spacial score (nSPS) is 17.4. The first-order valence-electron chi connectivity index (χ1n) is 9.38. The summed E-state index contributed by atoms with van der Waals surface area (Å²) >= 11 is 0. The van der Waals surface area contributed by atoms with Gasteiger partial charge in [0.05, 0.1) is 6.42 Å². The van der Waals surface area contributed by atoms with Gasteiger partial charge in [-0.25, -0.2) is 0 Å². The monoisotopic (exact) mass is 389 g/mol. The van der Waals surface area contributed by atoms with Crippen LogP contribution < -0.4 is 0 Å². The molecule has 28 heavy (non-hydrogen) atoms. The summed E-state index contributed by atoms with van der Waals surface area (Å²) in [7, 11) is 0. The molecule has 1 fully saturated rings. The number of alkyl halides is 3. The standard InChI is InChI=1S/C22H22F3NO2/c23-22(24,25)13-12-20(27)26-14-4-7-19(15-26)21(28)18-10-8-17(9-11-18)16-5-2-1-3-6-16/h1-3,5-6,8-11,19H,4,7,12-15H2. The van der Waals surface area contributed by atoms with E-state index in [1.807, 2.05) is 42.5 Å². The number of nitrogens with zero attached hydrogens (tertiary/aromatic N) is 1. The topological polar surface area (TPSA) is 37.4 Å². The van der Waals surface area contributed by atoms with Crippen molar-refractivity contribution in [2.75, 3.05) is 13.1 Å². The lowest BCUT2D eigenvalue weighted by Gasteiger charge is -2.32. The highest BCUT2D eigenvalue weighted by molar-refractivity contribution is 5.98. The fraction of sp³-hybridized carbons (Fsp3) is 0.364. The highest BCUT2D eigenvalue weighted by Crippen LogP contribution is 2.26. The van der Waals surface area contributed by atoms with E-state index in [9.17, 15) is 22.8 Å². The molecule has 1 amide bonds. The number of hydrogen-bond donors (Lipinski definition) is 0. The molecule has 0 radical (unpaired) electrons. The molecule has 0 N–H and O–H groups in total. The van der Waals surface area contributed by atoms with E-state index in [0.717, 1.165) is 11.1 Å². The Balaban J connectivity index is 1.63. The number of rotatable bonds is 5. The summed E-state index contributed by atoms with van der Waals surface area (Å²) in [6.45, 7) is 0.601. The smallest absolute Gasteiger partial charge is 0.342 e. The van der Waals surface area contributed by atoms with Gasteiger partial charge in [0.25, 0.3) is 0 Å². The third-order valence-corrected chi connectivity index (χ3v) is 5.04. The number of hydrogen-bond acceptors (Lipinski definition) is 2. The molecule has 1 heterocycles. The summed E-state index contributed by atoms with van der Waals surface area (Å²) in [6.07, 6.45) is -4.77. The fourth-order valence-corrected chi connectivity index (χ4v) is 3.52. The van der Waals surface area contributed by atoms with Crippen molar-refractivity contribution in [1.82, 2.24) is 4.90 Å². The molecule has 3 rings (SSSR count). The third kappa shape index (κ3) is 5.21. The molecule has 6 heteroatoms. The SMILES string of the molecule is O=C(c1ccc(-c2ccccc2)cc1)C1CCCN(C(=O)CCC(F)(F)F)C1. The number of carbonyl (C=O) groups excluding carboxylic acids is 2. The number of piperidine rings is 1. The minimum absolute atomic E-state index is 0.0621. The van der Waals surface area contributed by atoms with Crippen LogP contribution in [0.1, 0.15) is 36.0 Å². The maximum atomic E-state index is 12.8. The van der Waals surface area contributed by atoms with Crippen molar-refractivity contribution in [2.45, 2.75) is 31.9 Å². The Morgan fingerprint density at radius 1 is 0.964 bits per heavy atom. The predicted molar refractivity (Wildman–Crippen MR) is 101 cm³/mol. The first-order valence-corrected chi connectivity index (χ1v) is 9.38. The van der Waals surface area contributed by atoms with Gasteiger partial charge in [-0.3, -0.25) is 9.59 Å². The van der Waals surface area contributed by atoms with Gasteiger partial charge in [0.1, 0.15) is 0 Å². The van der Waals surface area contributed by atoms with Gasteiger partial charge in [-0.15, -0.1) is 0 Å². The molecule has 0 saturated carbocycles. The van der Waals surface area contributed by atoms with Crippen molar-refractivity contribution in [3.63, 3.8) is 0 Å². The Morgan fingerprint density at radius 3 is 2.25 bits per heavy atom. The lowest BCUT2D eigenvalue weighted by molar-refractivity contribution is -0.149. The minimum Gasteiger partial charge on any atom is -0.342 e. The van der Waals surface area contributed by atoms with Crippen molar-refractivity contribution in [3.05, 3.63) is 60.2 Å². The molecule has 3 nitrogen and oxygen atoms in total. The van der Waals surface area contributed by atoms with Gasteiger partial charge in [-0.1, -0.05) is 54.6 Å². The van der Waals surface area contributed by atoms with E-state index in [-0.39, 0.29) is 18.2 Å². The average molecular weight is 389 g/mol. The number of amides is 1. The largest absolute Gasteiger partial charge is 0.389 e. The lowest BCUT2D eigenvalue weighted by Crippen LogP contribution is -2.42. The van der Waals surface area contributed by atoms with Gasteiger partial charge >= 0.3 is 6.18 Å². The Bertz CT molecular complexity index is 816. The van der Waals surface area contributed by atoms with Crippen LogP contribution in [0.3, 0.4) is 0 Å². The molecule has 2 aromatic carbocycles. The summed E-state index contributed by atoms with van der Waals surface area (Å²) in [5, 5.41) is 0. The quantitative estimate of drug-likeness (QED) is 0.666.